The molecule has 0 radical (unpaired) electrons. The minimum Gasteiger partial charge on any atom is -0.487 e. The highest BCUT2D eigenvalue weighted by Crippen LogP contribution is 2.24. The second kappa shape index (κ2) is 6.02. The first-order chi connectivity index (χ1) is 9.08. The van der Waals surface area contributed by atoms with E-state index in [1.165, 1.54) is 12.1 Å². The molecule has 0 spiro atoms. The van der Waals surface area contributed by atoms with Crippen molar-refractivity contribution in [2.75, 3.05) is 13.1 Å². The van der Waals surface area contributed by atoms with E-state index in [1.807, 2.05) is 6.92 Å². The molecule has 0 amide bonds. The van der Waals surface area contributed by atoms with Crippen LogP contribution in [0.4, 0.5) is 4.39 Å². The molecular weight excluding hydrogens is 249 g/mol. The molecule has 0 bridgehead atoms. The minimum absolute atomic E-state index is 0.0700. The Bertz CT molecular complexity index is 458. The molecule has 104 valence electrons. The zero-order valence-electron chi connectivity index (χ0n) is 10.9. The average molecular weight is 267 g/mol. The summed E-state index contributed by atoms with van der Waals surface area (Å²) in [7, 11) is 0. The number of carbonyl (C=O) groups is 1. The molecule has 1 aromatic carbocycles. The van der Waals surface area contributed by atoms with Gasteiger partial charge in [0.1, 0.15) is 0 Å². The Morgan fingerprint density at radius 2 is 2.16 bits per heavy atom. The molecule has 1 atom stereocenters. The quantitative estimate of drug-likeness (QED) is 0.878. The van der Waals surface area contributed by atoms with Crippen molar-refractivity contribution in [2.45, 2.75) is 25.9 Å². The van der Waals surface area contributed by atoms with Gasteiger partial charge in [0.2, 0.25) is 0 Å². The molecule has 2 rings (SSSR count). The fourth-order valence-corrected chi connectivity index (χ4v) is 2.34. The molecule has 0 aromatic heterocycles. The lowest BCUT2D eigenvalue weighted by Gasteiger charge is -2.28. The van der Waals surface area contributed by atoms with Crippen molar-refractivity contribution in [2.24, 2.45) is 5.92 Å². The number of hydrogen-bond donors (Lipinski definition) is 2. The molecule has 1 aliphatic rings. The van der Waals surface area contributed by atoms with Crippen LogP contribution in [0.5, 0.6) is 5.75 Å². The molecule has 1 aliphatic heterocycles. The Hall–Kier alpha value is -1.62. The Kier molecular flexibility index (Phi) is 4.37. The van der Waals surface area contributed by atoms with Gasteiger partial charge in [-0.1, -0.05) is 0 Å². The Morgan fingerprint density at radius 1 is 1.47 bits per heavy atom. The number of rotatable bonds is 4. The largest absolute Gasteiger partial charge is 0.487 e. The second-order valence-corrected chi connectivity index (χ2v) is 4.86. The number of halogens is 1. The highest BCUT2D eigenvalue weighted by atomic mass is 19.1. The summed E-state index contributed by atoms with van der Waals surface area (Å²) in [5, 5.41) is 12.0. The number of nitrogens with one attached hydrogen (secondary N) is 1. The van der Waals surface area contributed by atoms with Crippen LogP contribution in [-0.4, -0.2) is 30.3 Å². The number of carboxylic acid groups (broad SMARTS) is 1. The van der Waals surface area contributed by atoms with Gasteiger partial charge in [-0.25, -0.2) is 9.18 Å². The lowest BCUT2D eigenvalue weighted by molar-refractivity contribution is 0.0696. The first-order valence-corrected chi connectivity index (χ1v) is 6.48. The van der Waals surface area contributed by atoms with Crippen molar-refractivity contribution < 1.29 is 19.0 Å². The molecule has 1 heterocycles. The summed E-state index contributed by atoms with van der Waals surface area (Å²) in [5.41, 5.74) is -0.0700. The van der Waals surface area contributed by atoms with Crippen molar-refractivity contribution >= 4 is 5.97 Å². The standard InChI is InChI=1S/C14H18FNO3/c1-9(10-4-6-16-7-5-10)19-13-3-2-11(14(17)18)8-12(13)15/h2-3,8-10,16H,4-7H2,1H3,(H,17,18). The number of piperidine rings is 1. The van der Waals surface area contributed by atoms with Crippen molar-refractivity contribution in [3.05, 3.63) is 29.6 Å². The summed E-state index contributed by atoms with van der Waals surface area (Å²) < 4.78 is 19.4. The van der Waals surface area contributed by atoms with Crippen LogP contribution in [0.15, 0.2) is 18.2 Å². The van der Waals surface area contributed by atoms with Crippen molar-refractivity contribution in [3.63, 3.8) is 0 Å². The maximum atomic E-state index is 13.7. The fraction of sp³-hybridized carbons (Fsp3) is 0.500. The van der Waals surface area contributed by atoms with E-state index in [2.05, 4.69) is 5.32 Å². The van der Waals surface area contributed by atoms with Gasteiger partial charge < -0.3 is 15.2 Å². The third kappa shape index (κ3) is 3.44. The molecular formula is C14H18FNO3. The first kappa shape index (κ1) is 13.8. The molecule has 0 aliphatic carbocycles. The first-order valence-electron chi connectivity index (χ1n) is 6.48. The van der Waals surface area contributed by atoms with Gasteiger partial charge in [-0.15, -0.1) is 0 Å². The smallest absolute Gasteiger partial charge is 0.335 e. The van der Waals surface area contributed by atoms with Gasteiger partial charge in [-0.05, 0) is 57.0 Å². The summed E-state index contributed by atoms with van der Waals surface area (Å²) in [6.07, 6.45) is 1.94. The van der Waals surface area contributed by atoms with E-state index in [1.54, 1.807) is 0 Å². The fourth-order valence-electron chi connectivity index (χ4n) is 2.34. The number of carboxylic acids is 1. The van der Waals surface area contributed by atoms with Crippen LogP contribution in [0.3, 0.4) is 0 Å². The van der Waals surface area contributed by atoms with E-state index in [-0.39, 0.29) is 17.4 Å². The maximum Gasteiger partial charge on any atom is 0.335 e. The summed E-state index contributed by atoms with van der Waals surface area (Å²) >= 11 is 0. The molecule has 0 saturated carbocycles. The molecule has 1 aromatic rings. The molecule has 4 nitrogen and oxygen atoms in total. The van der Waals surface area contributed by atoms with E-state index in [4.69, 9.17) is 9.84 Å². The minimum atomic E-state index is -1.14. The molecule has 5 heteroatoms. The van der Waals surface area contributed by atoms with E-state index in [0.717, 1.165) is 32.0 Å². The highest BCUT2D eigenvalue weighted by molar-refractivity contribution is 5.87. The van der Waals surface area contributed by atoms with Crippen LogP contribution in [0.25, 0.3) is 0 Å². The van der Waals surface area contributed by atoms with Gasteiger partial charge in [-0.2, -0.15) is 0 Å². The number of aromatic carboxylic acids is 1. The highest BCUT2D eigenvalue weighted by Gasteiger charge is 2.22. The predicted octanol–water partition coefficient (Wildman–Crippen LogP) is 2.29. The molecule has 1 fully saturated rings. The second-order valence-electron chi connectivity index (χ2n) is 4.86. The van der Waals surface area contributed by atoms with E-state index in [9.17, 15) is 9.18 Å². The van der Waals surface area contributed by atoms with Crippen LogP contribution in [-0.2, 0) is 0 Å². The predicted molar refractivity (Wildman–Crippen MR) is 69.0 cm³/mol. The van der Waals surface area contributed by atoms with E-state index in [0.29, 0.717) is 5.92 Å². The van der Waals surface area contributed by atoms with E-state index >= 15 is 0 Å². The Balaban J connectivity index is 2.03. The van der Waals surface area contributed by atoms with Crippen LogP contribution in [0, 0.1) is 11.7 Å². The average Bonchev–Trinajstić information content (AvgIpc) is 2.41. The van der Waals surface area contributed by atoms with Crippen molar-refractivity contribution in [1.82, 2.24) is 5.32 Å². The van der Waals surface area contributed by atoms with Crippen molar-refractivity contribution in [1.29, 1.82) is 0 Å². The summed E-state index contributed by atoms with van der Waals surface area (Å²) in [6, 6.07) is 3.74. The van der Waals surface area contributed by atoms with Gasteiger partial charge in [0, 0.05) is 0 Å². The van der Waals surface area contributed by atoms with Gasteiger partial charge in [0.05, 0.1) is 11.7 Å². The van der Waals surface area contributed by atoms with Crippen LogP contribution >= 0.6 is 0 Å². The zero-order chi connectivity index (χ0) is 13.8. The lowest BCUT2D eigenvalue weighted by atomic mass is 9.93. The van der Waals surface area contributed by atoms with Gasteiger partial charge in [0.25, 0.3) is 0 Å². The summed E-state index contributed by atoms with van der Waals surface area (Å²) in [5.74, 6) is -1.24. The normalized spacial score (nSPS) is 18.0. The Labute approximate surface area is 111 Å². The van der Waals surface area contributed by atoms with Gasteiger partial charge >= 0.3 is 5.97 Å². The summed E-state index contributed by atoms with van der Waals surface area (Å²) in [4.78, 5) is 10.7. The zero-order valence-corrected chi connectivity index (χ0v) is 10.9. The monoisotopic (exact) mass is 267 g/mol. The number of hydrogen-bond acceptors (Lipinski definition) is 3. The number of ether oxygens (including phenoxy) is 1. The topological polar surface area (TPSA) is 58.6 Å². The van der Waals surface area contributed by atoms with Crippen LogP contribution in [0.1, 0.15) is 30.1 Å². The molecule has 19 heavy (non-hydrogen) atoms. The molecule has 2 N–H and O–H groups in total. The number of benzene rings is 1. The molecule has 1 unspecified atom stereocenters. The van der Waals surface area contributed by atoms with Crippen LogP contribution in [0.2, 0.25) is 0 Å². The molecule has 1 saturated heterocycles. The summed E-state index contributed by atoms with van der Waals surface area (Å²) in [6.45, 7) is 3.85. The lowest BCUT2D eigenvalue weighted by Crippen LogP contribution is -2.35. The third-order valence-corrected chi connectivity index (χ3v) is 3.54. The SMILES string of the molecule is CC(Oc1ccc(C(=O)O)cc1F)C1CCNCC1. The van der Waals surface area contributed by atoms with Crippen molar-refractivity contribution in [3.8, 4) is 5.75 Å². The van der Waals surface area contributed by atoms with Gasteiger partial charge in [-0.3, -0.25) is 0 Å². The third-order valence-electron chi connectivity index (χ3n) is 3.54. The Morgan fingerprint density at radius 3 is 2.74 bits per heavy atom. The van der Waals surface area contributed by atoms with Gasteiger partial charge in [0.15, 0.2) is 11.6 Å². The maximum absolute atomic E-state index is 13.7. The van der Waals surface area contributed by atoms with Crippen LogP contribution < -0.4 is 10.1 Å². The van der Waals surface area contributed by atoms with E-state index < -0.39 is 11.8 Å².